The highest BCUT2D eigenvalue weighted by molar-refractivity contribution is 7.86. The summed E-state index contributed by atoms with van der Waals surface area (Å²) in [5.74, 6) is 0.729. The van der Waals surface area contributed by atoms with Crippen LogP contribution in [0.1, 0.15) is 45.2 Å². The van der Waals surface area contributed by atoms with Crippen molar-refractivity contribution in [2.45, 2.75) is 58.0 Å². The number of carboxylic acid groups (broad SMARTS) is 1. The lowest BCUT2D eigenvalue weighted by atomic mass is 9.94. The molecule has 59 heavy (non-hydrogen) atoms. The Balaban J connectivity index is 1.04. The predicted octanol–water partition coefficient (Wildman–Crippen LogP) is 7.23. The maximum atomic E-state index is 14.0. The van der Waals surface area contributed by atoms with Crippen molar-refractivity contribution in [2.75, 3.05) is 20.7 Å². The molecule has 16 heteroatoms. The molecule has 1 aromatic heterocycles. The largest absolute Gasteiger partial charge is 0.489 e. The fourth-order valence-electron chi connectivity index (χ4n) is 6.79. The summed E-state index contributed by atoms with van der Waals surface area (Å²) in [5.41, 5.74) is 5.40. The number of nitrogens with zero attached hydrogens (tertiary/aromatic N) is 3. The molecule has 4 aromatic carbocycles. The molecule has 7 rings (SSSR count). The summed E-state index contributed by atoms with van der Waals surface area (Å²) in [6.45, 7) is 4.15. The van der Waals surface area contributed by atoms with Crippen LogP contribution in [0.4, 0.5) is 0 Å². The van der Waals surface area contributed by atoms with Crippen molar-refractivity contribution < 1.29 is 42.1 Å². The second kappa shape index (κ2) is 17.5. The van der Waals surface area contributed by atoms with E-state index in [-0.39, 0.29) is 26.0 Å². The van der Waals surface area contributed by atoms with Crippen molar-refractivity contribution in [3.05, 3.63) is 140 Å². The van der Waals surface area contributed by atoms with Gasteiger partial charge in [0.15, 0.2) is 17.6 Å². The number of benzene rings is 4. The summed E-state index contributed by atoms with van der Waals surface area (Å²) in [5, 5.41) is 13.7. The molecule has 0 radical (unpaired) electrons. The van der Waals surface area contributed by atoms with E-state index in [1.54, 1.807) is 60.8 Å². The molecule has 0 saturated carbocycles. The van der Waals surface area contributed by atoms with Crippen molar-refractivity contribution in [3.8, 4) is 28.7 Å². The van der Waals surface area contributed by atoms with E-state index < -0.39 is 40.3 Å². The molecule has 13 nitrogen and oxygen atoms in total. The van der Waals surface area contributed by atoms with Crippen molar-refractivity contribution in [2.24, 2.45) is 0 Å². The fraction of sp³-hybridized carbons (Fsp3) is 0.279. The minimum Gasteiger partial charge on any atom is -0.489 e. The van der Waals surface area contributed by atoms with Gasteiger partial charge in [-0.2, -0.15) is 17.0 Å². The van der Waals surface area contributed by atoms with Gasteiger partial charge in [-0.25, -0.2) is 4.79 Å². The van der Waals surface area contributed by atoms with Gasteiger partial charge >= 0.3 is 5.97 Å². The molecule has 0 saturated heterocycles. The van der Waals surface area contributed by atoms with Crippen molar-refractivity contribution in [3.63, 3.8) is 0 Å². The summed E-state index contributed by atoms with van der Waals surface area (Å²) in [4.78, 5) is 30.7. The van der Waals surface area contributed by atoms with Gasteiger partial charge in [0.25, 0.3) is 10.2 Å². The van der Waals surface area contributed by atoms with E-state index in [9.17, 15) is 23.1 Å². The molecule has 308 valence electrons. The predicted molar refractivity (Wildman–Crippen MR) is 222 cm³/mol. The highest BCUT2D eigenvalue weighted by Gasteiger charge is 2.42. The zero-order chi connectivity index (χ0) is 42.0. The van der Waals surface area contributed by atoms with Crippen LogP contribution in [0.2, 0.25) is 10.0 Å². The van der Waals surface area contributed by atoms with Gasteiger partial charge in [-0.15, -0.1) is 0 Å². The lowest BCUT2D eigenvalue weighted by Crippen LogP contribution is -2.57. The monoisotopic (exact) mass is 860 g/mol. The minimum atomic E-state index is -4.15. The van der Waals surface area contributed by atoms with Crippen molar-refractivity contribution in [1.82, 2.24) is 18.9 Å². The van der Waals surface area contributed by atoms with Gasteiger partial charge in [0.1, 0.15) is 42.5 Å². The Morgan fingerprint density at radius 1 is 0.932 bits per heavy atom. The zero-order valence-corrected chi connectivity index (χ0v) is 35.0. The number of carbonyl (C=O) groups is 2. The molecule has 1 amide bonds. The van der Waals surface area contributed by atoms with E-state index in [1.165, 1.54) is 14.1 Å². The maximum absolute atomic E-state index is 14.0. The summed E-state index contributed by atoms with van der Waals surface area (Å²) in [6.07, 6.45) is 1.13. The topological polar surface area (TPSA) is 157 Å². The molecule has 0 bridgehead atoms. The first-order valence-electron chi connectivity index (χ1n) is 18.7. The van der Waals surface area contributed by atoms with Crippen LogP contribution in [0.5, 0.6) is 28.7 Å². The number of hydrogen-bond donors (Lipinski definition) is 2. The van der Waals surface area contributed by atoms with Gasteiger partial charge in [-0.3, -0.25) is 9.78 Å². The van der Waals surface area contributed by atoms with Crippen LogP contribution in [0.25, 0.3) is 0 Å². The summed E-state index contributed by atoms with van der Waals surface area (Å²) < 4.78 is 53.9. The molecule has 2 aliphatic heterocycles. The molecule has 0 fully saturated rings. The number of ether oxygens (including phenoxy) is 4. The van der Waals surface area contributed by atoms with Gasteiger partial charge in [0.05, 0.1) is 10.0 Å². The molecule has 2 aliphatic rings. The molecule has 5 aromatic rings. The third-order valence-electron chi connectivity index (χ3n) is 10.3. The summed E-state index contributed by atoms with van der Waals surface area (Å²) in [7, 11) is -1.40. The number of amides is 1. The first-order chi connectivity index (χ1) is 28.2. The number of aliphatic carboxylic acids is 1. The van der Waals surface area contributed by atoms with Crippen LogP contribution in [0, 0.1) is 13.8 Å². The maximum Gasteiger partial charge on any atom is 0.326 e. The Morgan fingerprint density at radius 2 is 1.63 bits per heavy atom. The van der Waals surface area contributed by atoms with Gasteiger partial charge in [0, 0.05) is 44.5 Å². The Kier molecular flexibility index (Phi) is 12.4. The first kappa shape index (κ1) is 41.8. The average Bonchev–Trinajstić information content (AvgIpc) is 3.22. The lowest BCUT2D eigenvalue weighted by molar-refractivity contribution is -0.142. The Labute approximate surface area is 352 Å². The fourth-order valence-corrected chi connectivity index (χ4v) is 8.33. The average molecular weight is 862 g/mol. The van der Waals surface area contributed by atoms with Gasteiger partial charge < -0.3 is 29.4 Å². The smallest absolute Gasteiger partial charge is 0.326 e. The van der Waals surface area contributed by atoms with Crippen LogP contribution < -0.4 is 24.3 Å². The standard InChI is InChI=1S/C43H42Cl2N4O9S/c1-25-26(2)46-16-15-38(25)57-33-10-5-27(6-11-33)18-36(43(51)52)47-42(50)37-19-30-20-39-40(21-31(30)22-49(37)59(53,54)48(3)4)58-41(24-56-39)29-8-12-32(13-9-29)55-23-28-7-14-34(44)35(45)17-28/h5-17,20-21,36-37,41H,18-19,22-24H2,1-4H3,(H,47,50)(H,51,52)/t36-,37-,41+/m0/s1. The summed E-state index contributed by atoms with van der Waals surface area (Å²) in [6, 6.07) is 22.3. The number of halogens is 2. The second-order valence-corrected chi connectivity index (χ2v) is 17.4. The third-order valence-corrected chi connectivity index (χ3v) is 13.0. The number of hydrogen-bond acceptors (Lipinski definition) is 9. The Hall–Kier alpha value is -5.38. The quantitative estimate of drug-likeness (QED) is 0.124. The highest BCUT2D eigenvalue weighted by atomic mass is 35.5. The first-order valence-corrected chi connectivity index (χ1v) is 20.8. The normalized spacial score (nSPS) is 16.9. The Morgan fingerprint density at radius 3 is 2.32 bits per heavy atom. The van der Waals surface area contributed by atoms with Crippen LogP contribution in [0.15, 0.2) is 91.1 Å². The molecule has 0 unspecified atom stereocenters. The van der Waals surface area contributed by atoms with Crippen LogP contribution >= 0.6 is 23.2 Å². The van der Waals surface area contributed by atoms with Crippen LogP contribution in [0.3, 0.4) is 0 Å². The SMILES string of the molecule is Cc1nccc(Oc2ccc(C[C@H](NC(=O)[C@@H]3Cc4cc5c(cc4CN3S(=O)(=O)N(C)C)O[C@@H](c3ccc(OCc4ccc(Cl)c(Cl)c4)cc3)CO5)C(=O)O)cc2)c1C. The van der Waals surface area contributed by atoms with E-state index in [0.29, 0.717) is 62.1 Å². The van der Waals surface area contributed by atoms with Crippen LogP contribution in [-0.4, -0.2) is 71.8 Å². The zero-order valence-electron chi connectivity index (χ0n) is 32.6. The van der Waals surface area contributed by atoms with Gasteiger partial charge in [-0.1, -0.05) is 53.5 Å². The van der Waals surface area contributed by atoms with E-state index in [2.05, 4.69) is 10.3 Å². The number of aromatic nitrogens is 1. The minimum absolute atomic E-state index is 0.0235. The van der Waals surface area contributed by atoms with E-state index in [1.807, 2.05) is 44.2 Å². The summed E-state index contributed by atoms with van der Waals surface area (Å²) >= 11 is 12.1. The number of fused-ring (bicyclic) bond motifs is 2. The van der Waals surface area contributed by atoms with Crippen LogP contribution in [-0.2, 0) is 45.8 Å². The number of rotatable bonds is 13. The number of pyridine rings is 1. The van der Waals surface area contributed by atoms with Crippen molar-refractivity contribution >= 4 is 45.3 Å². The molecular formula is C43H42Cl2N4O9S. The molecule has 2 N–H and O–H groups in total. The lowest BCUT2D eigenvalue weighted by Gasteiger charge is -2.37. The molecule has 3 heterocycles. The highest BCUT2D eigenvalue weighted by Crippen LogP contribution is 2.41. The Bertz CT molecular complexity index is 2490. The third kappa shape index (κ3) is 9.42. The number of nitrogens with one attached hydrogen (secondary N) is 1. The van der Waals surface area contributed by atoms with E-state index in [0.717, 1.165) is 31.0 Å². The number of carbonyl (C=O) groups excluding carboxylic acids is 1. The number of aryl methyl sites for hydroxylation is 1. The molecular weight excluding hydrogens is 819 g/mol. The molecule has 0 aliphatic carbocycles. The molecule has 3 atom stereocenters. The van der Waals surface area contributed by atoms with Gasteiger partial charge in [-0.05, 0) is 103 Å². The van der Waals surface area contributed by atoms with E-state index >= 15 is 0 Å². The second-order valence-electron chi connectivity index (χ2n) is 14.5. The molecule has 0 spiro atoms. The van der Waals surface area contributed by atoms with Gasteiger partial charge in [0.2, 0.25) is 5.91 Å². The number of carboxylic acids is 1. The van der Waals surface area contributed by atoms with Crippen molar-refractivity contribution in [1.29, 1.82) is 0 Å². The van der Waals surface area contributed by atoms with E-state index in [4.69, 9.17) is 42.1 Å².